The fraction of sp³-hybridized carbons (Fsp3) is 0.364. The zero-order valence-electron chi connectivity index (χ0n) is 19.8. The van der Waals surface area contributed by atoms with E-state index in [9.17, 15) is 50.4 Å². The zero-order chi connectivity index (χ0) is 27.2. The van der Waals surface area contributed by atoms with Crippen LogP contribution in [0.1, 0.15) is 23.0 Å². The standard InChI is InChI=1S/C22H28N4O10/c1-25(2)21(35)23-15-9(29)5-7(27)11(19(15)33)13-17(31)14(18(13)32)12-8(28)6-10(30)16(20(12)34)24-22(36)26(3)4/h5-6,13-14,17-18,27-34H,1-4H3,(H,23,35)(H,24,36). The van der Waals surface area contributed by atoms with Crippen LogP contribution in [0, 0.1) is 0 Å². The number of rotatable bonds is 4. The predicted molar refractivity (Wildman–Crippen MR) is 126 cm³/mol. The molecular formula is C22H28N4O10. The van der Waals surface area contributed by atoms with Gasteiger partial charge in [0, 0.05) is 63.3 Å². The highest BCUT2D eigenvalue weighted by Crippen LogP contribution is 2.59. The molecule has 196 valence electrons. The number of nitrogens with one attached hydrogen (secondary N) is 2. The summed E-state index contributed by atoms with van der Waals surface area (Å²) in [6, 6.07) is 0.154. The summed E-state index contributed by atoms with van der Waals surface area (Å²) in [5.41, 5.74) is -1.77. The predicted octanol–water partition coefficient (Wildman–Crippen LogP) is 0.710. The van der Waals surface area contributed by atoms with E-state index < -0.39 is 93.1 Å². The first-order chi connectivity index (χ1) is 16.7. The van der Waals surface area contributed by atoms with Crippen molar-refractivity contribution in [1.29, 1.82) is 0 Å². The molecule has 0 aromatic heterocycles. The third kappa shape index (κ3) is 4.27. The van der Waals surface area contributed by atoms with E-state index in [-0.39, 0.29) is 0 Å². The Labute approximate surface area is 204 Å². The number of phenolic OH excluding ortho intramolecular Hbond substituents is 6. The highest BCUT2D eigenvalue weighted by molar-refractivity contribution is 5.94. The number of aromatic hydroxyl groups is 6. The van der Waals surface area contributed by atoms with Crippen LogP contribution in [0.15, 0.2) is 12.1 Å². The summed E-state index contributed by atoms with van der Waals surface area (Å²) in [5.74, 6) is -7.18. The van der Waals surface area contributed by atoms with Gasteiger partial charge in [-0.1, -0.05) is 0 Å². The van der Waals surface area contributed by atoms with Gasteiger partial charge < -0.3 is 61.3 Å². The average Bonchev–Trinajstić information content (AvgIpc) is 2.78. The molecule has 1 fully saturated rings. The fourth-order valence-electron chi connectivity index (χ4n) is 4.04. The molecule has 10 N–H and O–H groups in total. The number of anilines is 2. The van der Waals surface area contributed by atoms with Crippen LogP contribution in [0.3, 0.4) is 0 Å². The number of hydrogen-bond donors (Lipinski definition) is 10. The van der Waals surface area contributed by atoms with Crippen molar-refractivity contribution in [2.45, 2.75) is 24.0 Å². The molecule has 0 aliphatic heterocycles. The van der Waals surface area contributed by atoms with Crippen molar-refractivity contribution < 1.29 is 50.4 Å². The van der Waals surface area contributed by atoms with E-state index in [4.69, 9.17) is 0 Å². The number of aliphatic hydroxyl groups is 2. The number of carbonyl (C=O) groups is 2. The van der Waals surface area contributed by atoms with Gasteiger partial charge in [0.2, 0.25) is 0 Å². The van der Waals surface area contributed by atoms with Crippen molar-refractivity contribution in [2.75, 3.05) is 38.8 Å². The van der Waals surface area contributed by atoms with E-state index in [0.29, 0.717) is 0 Å². The fourth-order valence-corrected chi connectivity index (χ4v) is 4.04. The van der Waals surface area contributed by atoms with E-state index in [1.165, 1.54) is 28.2 Å². The third-order valence-electron chi connectivity index (χ3n) is 6.01. The van der Waals surface area contributed by atoms with Crippen molar-refractivity contribution in [3.8, 4) is 34.5 Å². The molecule has 0 radical (unpaired) electrons. The van der Waals surface area contributed by atoms with Gasteiger partial charge in [0.25, 0.3) is 0 Å². The Morgan fingerprint density at radius 3 is 1.22 bits per heavy atom. The molecule has 0 atom stereocenters. The maximum Gasteiger partial charge on any atom is 0.321 e. The Kier molecular flexibility index (Phi) is 6.86. The number of amides is 4. The topological polar surface area (TPSA) is 227 Å². The summed E-state index contributed by atoms with van der Waals surface area (Å²) >= 11 is 0. The van der Waals surface area contributed by atoms with Crippen molar-refractivity contribution in [2.24, 2.45) is 0 Å². The van der Waals surface area contributed by atoms with Gasteiger partial charge in [0.05, 0.1) is 12.2 Å². The molecule has 2 aromatic carbocycles. The van der Waals surface area contributed by atoms with E-state index in [2.05, 4.69) is 10.6 Å². The van der Waals surface area contributed by atoms with Gasteiger partial charge in [-0.25, -0.2) is 9.59 Å². The van der Waals surface area contributed by atoms with Crippen LogP contribution >= 0.6 is 0 Å². The molecule has 14 heteroatoms. The largest absolute Gasteiger partial charge is 0.507 e. The molecule has 0 unspecified atom stereocenters. The highest BCUT2D eigenvalue weighted by atomic mass is 16.3. The maximum absolute atomic E-state index is 12.0. The molecule has 0 spiro atoms. The van der Waals surface area contributed by atoms with Gasteiger partial charge in [0.15, 0.2) is 0 Å². The summed E-state index contributed by atoms with van der Waals surface area (Å²) in [4.78, 5) is 26.2. The average molecular weight is 508 g/mol. The normalized spacial score (nSPS) is 20.8. The second-order valence-electron chi connectivity index (χ2n) is 8.79. The van der Waals surface area contributed by atoms with Gasteiger partial charge in [-0.15, -0.1) is 0 Å². The molecule has 14 nitrogen and oxygen atoms in total. The Bertz CT molecular complexity index is 1110. The Balaban J connectivity index is 2.03. The van der Waals surface area contributed by atoms with Crippen LogP contribution in [0.2, 0.25) is 0 Å². The first-order valence-corrected chi connectivity index (χ1v) is 10.6. The molecule has 2 aromatic rings. The third-order valence-corrected chi connectivity index (χ3v) is 6.01. The molecule has 1 saturated carbocycles. The summed E-state index contributed by atoms with van der Waals surface area (Å²) in [6.07, 6.45) is -3.25. The van der Waals surface area contributed by atoms with Gasteiger partial charge in [0.1, 0.15) is 45.9 Å². The number of urea groups is 2. The maximum atomic E-state index is 12.0. The Morgan fingerprint density at radius 2 is 0.944 bits per heavy atom. The SMILES string of the molecule is CN(C)C(=O)Nc1c(O)cc(O)c(C2C(O)C(c3c(O)cc(O)c(NC(=O)N(C)C)c3O)C2O)c1O. The quantitative estimate of drug-likeness (QED) is 0.205. The monoisotopic (exact) mass is 508 g/mol. The van der Waals surface area contributed by atoms with E-state index >= 15 is 0 Å². The molecule has 0 heterocycles. The molecule has 3 rings (SSSR count). The second kappa shape index (κ2) is 9.39. The lowest BCUT2D eigenvalue weighted by Crippen LogP contribution is -2.51. The van der Waals surface area contributed by atoms with Crippen LogP contribution in [0.25, 0.3) is 0 Å². The minimum absolute atomic E-state index is 0.406. The number of hydrogen-bond acceptors (Lipinski definition) is 10. The lowest BCUT2D eigenvalue weighted by molar-refractivity contribution is -0.0810. The molecule has 1 aliphatic rings. The number of carbonyl (C=O) groups excluding carboxylic acids is 2. The van der Waals surface area contributed by atoms with Crippen molar-refractivity contribution in [3.05, 3.63) is 23.3 Å². The highest BCUT2D eigenvalue weighted by Gasteiger charge is 2.54. The van der Waals surface area contributed by atoms with Crippen LogP contribution < -0.4 is 10.6 Å². The van der Waals surface area contributed by atoms with Gasteiger partial charge in [-0.3, -0.25) is 0 Å². The van der Waals surface area contributed by atoms with E-state index in [0.717, 1.165) is 21.9 Å². The van der Waals surface area contributed by atoms with Crippen LogP contribution in [0.5, 0.6) is 34.5 Å². The van der Waals surface area contributed by atoms with E-state index in [1.807, 2.05) is 0 Å². The molecule has 1 aliphatic carbocycles. The lowest BCUT2D eigenvalue weighted by atomic mass is 9.62. The smallest absolute Gasteiger partial charge is 0.321 e. The van der Waals surface area contributed by atoms with Gasteiger partial charge in [-0.05, 0) is 0 Å². The summed E-state index contributed by atoms with van der Waals surface area (Å²) in [5, 5.41) is 88.5. The molecule has 36 heavy (non-hydrogen) atoms. The second-order valence-corrected chi connectivity index (χ2v) is 8.79. The lowest BCUT2D eigenvalue weighted by Gasteiger charge is -2.47. The van der Waals surface area contributed by atoms with E-state index in [1.54, 1.807) is 0 Å². The number of nitrogens with zero attached hydrogens (tertiary/aromatic N) is 2. The van der Waals surface area contributed by atoms with Crippen LogP contribution in [0.4, 0.5) is 21.0 Å². The van der Waals surface area contributed by atoms with Crippen molar-refractivity contribution >= 4 is 23.4 Å². The summed E-state index contributed by atoms with van der Waals surface area (Å²) < 4.78 is 0. The van der Waals surface area contributed by atoms with Crippen molar-refractivity contribution in [3.63, 3.8) is 0 Å². The van der Waals surface area contributed by atoms with Crippen LogP contribution in [-0.4, -0.2) is 103 Å². The van der Waals surface area contributed by atoms with Crippen LogP contribution in [-0.2, 0) is 0 Å². The minimum Gasteiger partial charge on any atom is -0.507 e. The first-order valence-electron chi connectivity index (χ1n) is 10.6. The van der Waals surface area contributed by atoms with Gasteiger partial charge in [-0.2, -0.15) is 0 Å². The summed E-state index contributed by atoms with van der Waals surface area (Å²) in [7, 11) is 5.61. The molecule has 4 amide bonds. The van der Waals surface area contributed by atoms with Crippen molar-refractivity contribution in [1.82, 2.24) is 9.80 Å². The number of phenols is 6. The molecule has 0 bridgehead atoms. The number of benzene rings is 2. The molecule has 0 saturated heterocycles. The summed E-state index contributed by atoms with van der Waals surface area (Å²) in [6.45, 7) is 0. The van der Waals surface area contributed by atoms with Gasteiger partial charge >= 0.3 is 12.1 Å². The minimum atomic E-state index is -1.63. The number of aliphatic hydroxyl groups excluding tert-OH is 2. The first kappa shape index (κ1) is 26.3. The molecular weight excluding hydrogens is 480 g/mol. The Hall–Kier alpha value is -4.30. The Morgan fingerprint density at radius 1 is 0.639 bits per heavy atom. The zero-order valence-corrected chi connectivity index (χ0v) is 19.8.